The molecule has 0 aromatic heterocycles. The monoisotopic (exact) mass is 293 g/mol. The Bertz CT molecular complexity index is 552. The molecule has 0 saturated heterocycles. The summed E-state index contributed by atoms with van der Waals surface area (Å²) in [4.78, 5) is 12.3. The third kappa shape index (κ3) is 3.32. The zero-order valence-electron chi connectivity index (χ0n) is 12.0. The molecule has 6 heteroatoms. The second-order valence-electron chi connectivity index (χ2n) is 5.71. The van der Waals surface area contributed by atoms with Crippen LogP contribution in [0.15, 0.2) is 29.4 Å². The number of nitrogens with one attached hydrogen (secondary N) is 1. The minimum atomic E-state index is -0.856. The number of hydrogen-bond donors (Lipinski definition) is 3. The molecule has 0 unspecified atom stereocenters. The molecule has 1 aromatic rings. The topological polar surface area (TPSA) is 87.7 Å². The van der Waals surface area contributed by atoms with E-state index in [0.29, 0.717) is 18.8 Å². The summed E-state index contributed by atoms with van der Waals surface area (Å²) in [5, 5.41) is 14.9. The molecule has 1 aliphatic rings. The second kappa shape index (κ2) is 6.11. The van der Waals surface area contributed by atoms with Crippen molar-refractivity contribution in [1.29, 1.82) is 0 Å². The maximum atomic E-state index is 13.2. The number of nitrogens with zero attached hydrogens (tertiary/aromatic N) is 1. The largest absolute Gasteiger partial charge is 0.409 e. The minimum Gasteiger partial charge on any atom is -0.409 e. The lowest BCUT2D eigenvalue weighted by molar-refractivity contribution is 0.0897. The Labute approximate surface area is 123 Å². The Kier molecular flexibility index (Phi) is 4.45. The van der Waals surface area contributed by atoms with Crippen molar-refractivity contribution in [3.8, 4) is 0 Å². The molecule has 2 rings (SSSR count). The van der Waals surface area contributed by atoms with Gasteiger partial charge in [-0.25, -0.2) is 4.39 Å². The summed E-state index contributed by atoms with van der Waals surface area (Å²) < 4.78 is 13.2. The van der Waals surface area contributed by atoms with Gasteiger partial charge in [-0.05, 0) is 49.8 Å². The van der Waals surface area contributed by atoms with Crippen LogP contribution in [0.5, 0.6) is 0 Å². The lowest BCUT2D eigenvalue weighted by Crippen LogP contribution is -2.59. The number of amidine groups is 1. The van der Waals surface area contributed by atoms with E-state index in [1.54, 1.807) is 0 Å². The van der Waals surface area contributed by atoms with E-state index >= 15 is 0 Å². The van der Waals surface area contributed by atoms with Gasteiger partial charge in [-0.3, -0.25) is 4.79 Å². The van der Waals surface area contributed by atoms with Crippen LogP contribution >= 0.6 is 0 Å². The molecule has 0 aliphatic heterocycles. The predicted molar refractivity (Wildman–Crippen MR) is 77.6 cm³/mol. The lowest BCUT2D eigenvalue weighted by atomic mass is 9.76. The van der Waals surface area contributed by atoms with Gasteiger partial charge in [-0.1, -0.05) is 18.1 Å². The minimum absolute atomic E-state index is 0.000784. The highest BCUT2D eigenvalue weighted by atomic mass is 19.1. The number of halogens is 1. The molecular weight excluding hydrogens is 273 g/mol. The number of rotatable bonds is 3. The molecule has 1 amide bonds. The van der Waals surface area contributed by atoms with Crippen molar-refractivity contribution in [1.82, 2.24) is 5.32 Å². The quantitative estimate of drug-likeness (QED) is 0.346. The van der Waals surface area contributed by atoms with Crippen molar-refractivity contribution in [2.45, 2.75) is 38.1 Å². The third-order valence-electron chi connectivity index (χ3n) is 4.17. The first kappa shape index (κ1) is 15.3. The Morgan fingerprint density at radius 1 is 1.48 bits per heavy atom. The van der Waals surface area contributed by atoms with Crippen LogP contribution in [-0.2, 0) is 0 Å². The molecule has 0 atom stereocenters. The summed E-state index contributed by atoms with van der Waals surface area (Å²) in [6.07, 6.45) is 2.95. The van der Waals surface area contributed by atoms with Gasteiger partial charge in [-0.15, -0.1) is 0 Å². The van der Waals surface area contributed by atoms with Gasteiger partial charge >= 0.3 is 0 Å². The predicted octanol–water partition coefficient (Wildman–Crippen LogP) is 2.25. The van der Waals surface area contributed by atoms with E-state index in [1.807, 2.05) is 0 Å². The van der Waals surface area contributed by atoms with Crippen molar-refractivity contribution in [2.24, 2.45) is 16.8 Å². The molecule has 0 heterocycles. The number of benzene rings is 1. The van der Waals surface area contributed by atoms with Crippen molar-refractivity contribution in [3.63, 3.8) is 0 Å². The molecule has 4 N–H and O–H groups in total. The van der Waals surface area contributed by atoms with Crippen molar-refractivity contribution in [2.75, 3.05) is 0 Å². The lowest BCUT2D eigenvalue weighted by Gasteiger charge is -2.38. The fourth-order valence-corrected chi connectivity index (χ4v) is 2.72. The van der Waals surface area contributed by atoms with Crippen LogP contribution in [0, 0.1) is 11.7 Å². The van der Waals surface area contributed by atoms with Gasteiger partial charge in [0.05, 0.1) is 0 Å². The number of hydrogen-bond acceptors (Lipinski definition) is 3. The van der Waals surface area contributed by atoms with Crippen LogP contribution in [0.2, 0.25) is 0 Å². The fraction of sp³-hybridized carbons (Fsp3) is 0.467. The van der Waals surface area contributed by atoms with Crippen LogP contribution in [0.4, 0.5) is 4.39 Å². The molecule has 1 aliphatic carbocycles. The first-order chi connectivity index (χ1) is 9.97. The third-order valence-corrected chi connectivity index (χ3v) is 4.17. The molecule has 5 nitrogen and oxygen atoms in total. The summed E-state index contributed by atoms with van der Waals surface area (Å²) in [6.45, 7) is 2.13. The first-order valence-corrected chi connectivity index (χ1v) is 7.03. The number of nitrogens with two attached hydrogens (primary N) is 1. The molecule has 1 aromatic carbocycles. The Hall–Kier alpha value is -2.11. The van der Waals surface area contributed by atoms with E-state index in [-0.39, 0.29) is 11.4 Å². The molecular formula is C15H20FN3O2. The number of oxime groups is 1. The van der Waals surface area contributed by atoms with E-state index in [4.69, 9.17) is 10.9 Å². The van der Waals surface area contributed by atoms with E-state index in [1.165, 1.54) is 24.3 Å². The molecule has 1 saturated carbocycles. The Balaban J connectivity index is 2.21. The summed E-state index contributed by atoms with van der Waals surface area (Å²) >= 11 is 0. The molecule has 0 radical (unpaired) electrons. The van der Waals surface area contributed by atoms with E-state index in [2.05, 4.69) is 17.4 Å². The number of carbonyl (C=O) groups excluding carboxylic acids is 1. The van der Waals surface area contributed by atoms with Gasteiger partial charge in [0.2, 0.25) is 0 Å². The Morgan fingerprint density at radius 3 is 2.71 bits per heavy atom. The maximum absolute atomic E-state index is 13.2. The van der Waals surface area contributed by atoms with E-state index in [9.17, 15) is 9.18 Å². The fourth-order valence-electron chi connectivity index (χ4n) is 2.72. The second-order valence-corrected chi connectivity index (χ2v) is 5.71. The molecule has 0 spiro atoms. The van der Waals surface area contributed by atoms with Gasteiger partial charge in [0.1, 0.15) is 11.4 Å². The highest BCUT2D eigenvalue weighted by Gasteiger charge is 2.40. The summed E-state index contributed by atoms with van der Waals surface area (Å²) in [6, 6.07) is 5.45. The zero-order chi connectivity index (χ0) is 15.5. The van der Waals surface area contributed by atoms with E-state index < -0.39 is 17.3 Å². The van der Waals surface area contributed by atoms with E-state index in [0.717, 1.165) is 12.8 Å². The summed E-state index contributed by atoms with van der Waals surface area (Å²) in [5.41, 5.74) is 5.16. The smallest absolute Gasteiger partial charge is 0.252 e. The highest BCUT2D eigenvalue weighted by molar-refractivity contribution is 6.00. The van der Waals surface area contributed by atoms with Gasteiger partial charge in [0, 0.05) is 5.56 Å². The SMILES string of the molecule is CC1CCC(NC(=O)c2cccc(F)c2)(/C(N)=N/O)CC1. The van der Waals surface area contributed by atoms with Crippen LogP contribution in [0.3, 0.4) is 0 Å². The van der Waals surface area contributed by atoms with Gasteiger partial charge in [0.25, 0.3) is 5.91 Å². The molecule has 0 bridgehead atoms. The normalized spacial score (nSPS) is 26.4. The van der Waals surface area contributed by atoms with Crippen LogP contribution in [0.1, 0.15) is 43.0 Å². The number of carbonyl (C=O) groups is 1. The van der Waals surface area contributed by atoms with Gasteiger partial charge < -0.3 is 16.3 Å². The van der Waals surface area contributed by atoms with Crippen molar-refractivity contribution in [3.05, 3.63) is 35.6 Å². The average Bonchev–Trinajstić information content (AvgIpc) is 2.49. The van der Waals surface area contributed by atoms with Gasteiger partial charge in [-0.2, -0.15) is 0 Å². The standard InChI is InChI=1S/C15H20FN3O2/c1-10-5-7-15(8-6-10,14(17)19-21)18-13(20)11-3-2-4-12(16)9-11/h2-4,9-10,21H,5-8H2,1H3,(H2,17,19)(H,18,20). The van der Waals surface area contributed by atoms with Gasteiger partial charge in [0.15, 0.2) is 5.84 Å². The first-order valence-electron chi connectivity index (χ1n) is 7.03. The molecule has 114 valence electrons. The van der Waals surface area contributed by atoms with Crippen LogP contribution < -0.4 is 11.1 Å². The highest BCUT2D eigenvalue weighted by Crippen LogP contribution is 2.32. The van der Waals surface area contributed by atoms with Crippen LogP contribution in [0.25, 0.3) is 0 Å². The maximum Gasteiger partial charge on any atom is 0.252 e. The zero-order valence-corrected chi connectivity index (χ0v) is 12.0. The molecule has 21 heavy (non-hydrogen) atoms. The van der Waals surface area contributed by atoms with Crippen LogP contribution in [-0.4, -0.2) is 22.5 Å². The van der Waals surface area contributed by atoms with Crippen molar-refractivity contribution >= 4 is 11.7 Å². The summed E-state index contributed by atoms with van der Waals surface area (Å²) in [5.74, 6) is -0.358. The average molecular weight is 293 g/mol. The molecule has 1 fully saturated rings. The van der Waals surface area contributed by atoms with Crippen molar-refractivity contribution < 1.29 is 14.4 Å². The number of amides is 1. The Morgan fingerprint density at radius 2 is 2.14 bits per heavy atom. The summed E-state index contributed by atoms with van der Waals surface area (Å²) in [7, 11) is 0.